The molecule has 0 aliphatic carbocycles. The van der Waals surface area contributed by atoms with Crippen LogP contribution in [-0.2, 0) is 10.9 Å². The average Bonchev–Trinajstić information content (AvgIpc) is 2.47. The van der Waals surface area contributed by atoms with Gasteiger partial charge in [0.05, 0.1) is 17.7 Å². The van der Waals surface area contributed by atoms with Crippen molar-refractivity contribution in [2.75, 3.05) is 6.61 Å². The van der Waals surface area contributed by atoms with E-state index in [0.717, 1.165) is 12.1 Å². The Kier molecular flexibility index (Phi) is 4.70. The van der Waals surface area contributed by atoms with E-state index >= 15 is 0 Å². The summed E-state index contributed by atoms with van der Waals surface area (Å²) in [6.07, 6.45) is -4.44. The van der Waals surface area contributed by atoms with Crippen LogP contribution in [-0.4, -0.2) is 12.6 Å². The molecule has 0 heterocycles. The van der Waals surface area contributed by atoms with Gasteiger partial charge in [0, 0.05) is 0 Å². The lowest BCUT2D eigenvalue weighted by molar-refractivity contribution is -0.137. The number of hydrogen-bond donors (Lipinski definition) is 0. The Labute approximate surface area is 125 Å². The van der Waals surface area contributed by atoms with Crippen LogP contribution in [0.25, 0.3) is 0 Å². The zero-order valence-electron chi connectivity index (χ0n) is 11.7. The van der Waals surface area contributed by atoms with Gasteiger partial charge < -0.3 is 9.47 Å². The van der Waals surface area contributed by atoms with Gasteiger partial charge in [-0.15, -0.1) is 0 Å². The van der Waals surface area contributed by atoms with Crippen molar-refractivity contribution in [3.05, 3.63) is 59.7 Å². The number of rotatable bonds is 4. The Morgan fingerprint density at radius 3 is 2.32 bits per heavy atom. The number of ether oxygens (including phenoxy) is 2. The normalized spacial score (nSPS) is 11.1. The quantitative estimate of drug-likeness (QED) is 0.770. The molecule has 0 bridgehead atoms. The molecule has 0 fully saturated rings. The van der Waals surface area contributed by atoms with Gasteiger partial charge >= 0.3 is 12.1 Å². The predicted molar refractivity (Wildman–Crippen MR) is 73.9 cm³/mol. The van der Waals surface area contributed by atoms with Crippen LogP contribution in [0.4, 0.5) is 13.2 Å². The molecular formula is C16H13F3O3. The fourth-order valence-electron chi connectivity index (χ4n) is 1.77. The monoisotopic (exact) mass is 310 g/mol. The van der Waals surface area contributed by atoms with Gasteiger partial charge in [-0.3, -0.25) is 0 Å². The molecule has 3 nitrogen and oxygen atoms in total. The maximum absolute atomic E-state index is 12.6. The highest BCUT2D eigenvalue weighted by atomic mass is 19.4. The molecule has 6 heteroatoms. The number of alkyl halides is 3. The third-order valence-electron chi connectivity index (χ3n) is 2.74. The third kappa shape index (κ3) is 4.00. The molecule has 0 aliphatic heterocycles. The van der Waals surface area contributed by atoms with E-state index in [1.165, 1.54) is 24.3 Å². The van der Waals surface area contributed by atoms with Gasteiger partial charge in [0.15, 0.2) is 0 Å². The molecule has 0 amide bonds. The Hall–Kier alpha value is -2.50. The second-order valence-electron chi connectivity index (χ2n) is 4.38. The van der Waals surface area contributed by atoms with Crippen molar-refractivity contribution in [2.24, 2.45) is 0 Å². The molecule has 2 rings (SSSR count). The second-order valence-corrected chi connectivity index (χ2v) is 4.38. The lowest BCUT2D eigenvalue weighted by atomic mass is 10.2. The summed E-state index contributed by atoms with van der Waals surface area (Å²) in [5.41, 5.74) is -0.530. The average molecular weight is 310 g/mol. The highest BCUT2D eigenvalue weighted by Crippen LogP contribution is 2.32. The van der Waals surface area contributed by atoms with Gasteiger partial charge in [0.1, 0.15) is 11.5 Å². The highest BCUT2D eigenvalue weighted by Gasteiger charge is 2.30. The highest BCUT2D eigenvalue weighted by molar-refractivity contribution is 5.89. The van der Waals surface area contributed by atoms with Crippen molar-refractivity contribution in [1.29, 1.82) is 0 Å². The number of carbonyl (C=O) groups is 1. The Balaban J connectivity index is 2.21. The van der Waals surface area contributed by atoms with Gasteiger partial charge in [-0.05, 0) is 43.3 Å². The smallest absolute Gasteiger partial charge is 0.416 e. The van der Waals surface area contributed by atoms with Crippen molar-refractivity contribution >= 4 is 5.97 Å². The van der Waals surface area contributed by atoms with Gasteiger partial charge in [-0.2, -0.15) is 13.2 Å². The molecule has 0 saturated carbocycles. The molecule has 0 aliphatic rings. The van der Waals surface area contributed by atoms with Crippen LogP contribution in [0.15, 0.2) is 48.5 Å². The molecule has 116 valence electrons. The van der Waals surface area contributed by atoms with Gasteiger partial charge in [-0.25, -0.2) is 4.79 Å². The molecular weight excluding hydrogens is 297 g/mol. The van der Waals surface area contributed by atoms with E-state index < -0.39 is 17.7 Å². The van der Waals surface area contributed by atoms with E-state index in [0.29, 0.717) is 0 Å². The first-order chi connectivity index (χ1) is 10.4. The van der Waals surface area contributed by atoms with Crippen LogP contribution in [0.1, 0.15) is 22.8 Å². The molecule has 0 aromatic heterocycles. The van der Waals surface area contributed by atoms with Crippen LogP contribution in [0.3, 0.4) is 0 Å². The van der Waals surface area contributed by atoms with Crippen LogP contribution < -0.4 is 4.74 Å². The third-order valence-corrected chi connectivity index (χ3v) is 2.74. The number of esters is 1. The maximum atomic E-state index is 12.6. The summed E-state index contributed by atoms with van der Waals surface area (Å²) in [5, 5.41) is 0. The van der Waals surface area contributed by atoms with E-state index in [1.807, 2.05) is 0 Å². The fraction of sp³-hybridized carbons (Fsp3) is 0.188. The summed E-state index contributed by atoms with van der Waals surface area (Å²) < 4.78 is 48.2. The molecule has 0 saturated heterocycles. The first-order valence-corrected chi connectivity index (χ1v) is 6.52. The van der Waals surface area contributed by atoms with E-state index in [9.17, 15) is 18.0 Å². The predicted octanol–water partition coefficient (Wildman–Crippen LogP) is 4.67. The van der Waals surface area contributed by atoms with Crippen molar-refractivity contribution in [2.45, 2.75) is 13.1 Å². The standard InChI is InChI=1S/C16H13F3O3/c1-2-21-15(20)11-5-3-7-13(9-11)22-14-8-4-6-12(10-14)16(17,18)19/h3-10H,2H2,1H3. The van der Waals surface area contributed by atoms with E-state index in [1.54, 1.807) is 19.1 Å². The van der Waals surface area contributed by atoms with Gasteiger partial charge in [0.25, 0.3) is 0 Å². The lowest BCUT2D eigenvalue weighted by Crippen LogP contribution is -2.05. The topological polar surface area (TPSA) is 35.5 Å². The van der Waals surface area contributed by atoms with Crippen LogP contribution in [0.2, 0.25) is 0 Å². The summed E-state index contributed by atoms with van der Waals surface area (Å²) in [6, 6.07) is 10.6. The number of halogens is 3. The molecule has 0 unspecified atom stereocenters. The number of carbonyl (C=O) groups excluding carboxylic acids is 1. The van der Waals surface area contributed by atoms with E-state index in [-0.39, 0.29) is 23.7 Å². The summed E-state index contributed by atoms with van der Waals surface area (Å²) >= 11 is 0. The minimum atomic E-state index is -4.44. The SMILES string of the molecule is CCOC(=O)c1cccc(Oc2cccc(C(F)(F)F)c2)c1. The summed E-state index contributed by atoms with van der Waals surface area (Å²) in [6.45, 7) is 1.92. The number of hydrogen-bond acceptors (Lipinski definition) is 3. The van der Waals surface area contributed by atoms with Crippen molar-refractivity contribution < 1.29 is 27.4 Å². The largest absolute Gasteiger partial charge is 0.462 e. The Bertz CT molecular complexity index is 666. The first-order valence-electron chi connectivity index (χ1n) is 6.52. The molecule has 2 aromatic carbocycles. The van der Waals surface area contributed by atoms with Crippen molar-refractivity contribution in [3.63, 3.8) is 0 Å². The van der Waals surface area contributed by atoms with Gasteiger partial charge in [0.2, 0.25) is 0 Å². The second kappa shape index (κ2) is 6.51. The Morgan fingerprint density at radius 1 is 1.05 bits per heavy atom. The molecule has 2 aromatic rings. The maximum Gasteiger partial charge on any atom is 0.416 e. The minimum absolute atomic E-state index is 0.0378. The molecule has 0 spiro atoms. The van der Waals surface area contributed by atoms with E-state index in [4.69, 9.17) is 9.47 Å². The fourth-order valence-corrected chi connectivity index (χ4v) is 1.77. The van der Waals surface area contributed by atoms with Crippen molar-refractivity contribution in [3.8, 4) is 11.5 Å². The van der Waals surface area contributed by atoms with E-state index in [2.05, 4.69) is 0 Å². The number of benzene rings is 2. The molecule has 0 radical (unpaired) electrons. The molecule has 0 atom stereocenters. The van der Waals surface area contributed by atoms with Crippen LogP contribution in [0, 0.1) is 0 Å². The summed E-state index contributed by atoms with van der Waals surface area (Å²) in [4.78, 5) is 11.6. The lowest BCUT2D eigenvalue weighted by Gasteiger charge is -2.10. The summed E-state index contributed by atoms with van der Waals surface area (Å²) in [5.74, 6) is -0.224. The Morgan fingerprint density at radius 2 is 1.68 bits per heavy atom. The van der Waals surface area contributed by atoms with Crippen LogP contribution in [0.5, 0.6) is 11.5 Å². The van der Waals surface area contributed by atoms with Gasteiger partial charge in [-0.1, -0.05) is 12.1 Å². The van der Waals surface area contributed by atoms with Crippen LogP contribution >= 0.6 is 0 Å². The summed E-state index contributed by atoms with van der Waals surface area (Å²) in [7, 11) is 0. The molecule has 0 N–H and O–H groups in total. The van der Waals surface area contributed by atoms with Crippen molar-refractivity contribution in [1.82, 2.24) is 0 Å². The minimum Gasteiger partial charge on any atom is -0.462 e. The zero-order valence-corrected chi connectivity index (χ0v) is 11.7. The first kappa shape index (κ1) is 15.9. The zero-order chi connectivity index (χ0) is 16.2. The molecule has 22 heavy (non-hydrogen) atoms.